The third-order valence-corrected chi connectivity index (χ3v) is 4.14. The summed E-state index contributed by atoms with van der Waals surface area (Å²) in [6, 6.07) is -0.928. The first kappa shape index (κ1) is 24.4. The summed E-state index contributed by atoms with van der Waals surface area (Å²) in [5.74, 6) is -0.972. The third-order valence-electron chi connectivity index (χ3n) is 4.14. The first-order chi connectivity index (χ1) is 12.4. The SMILES string of the molecule is CCCCCCCCCC(=O)N[C@@H](CCC(N)=O)C(=O)N[C@H](C)COC. The van der Waals surface area contributed by atoms with Gasteiger partial charge in [0.2, 0.25) is 17.7 Å². The summed E-state index contributed by atoms with van der Waals surface area (Å²) in [4.78, 5) is 35.5. The maximum atomic E-state index is 12.3. The summed E-state index contributed by atoms with van der Waals surface area (Å²) >= 11 is 0. The summed E-state index contributed by atoms with van der Waals surface area (Å²) in [7, 11) is 1.55. The zero-order chi connectivity index (χ0) is 19.8. The number of rotatable bonds is 16. The Morgan fingerprint density at radius 2 is 1.58 bits per heavy atom. The molecule has 0 fully saturated rings. The van der Waals surface area contributed by atoms with Crippen molar-refractivity contribution in [3.8, 4) is 0 Å². The molecule has 0 saturated carbocycles. The van der Waals surface area contributed by atoms with Gasteiger partial charge >= 0.3 is 0 Å². The van der Waals surface area contributed by atoms with E-state index in [9.17, 15) is 14.4 Å². The molecule has 0 heterocycles. The number of ether oxygens (including phenoxy) is 1. The van der Waals surface area contributed by atoms with Gasteiger partial charge in [0.25, 0.3) is 0 Å². The topological polar surface area (TPSA) is 111 Å². The zero-order valence-corrected chi connectivity index (χ0v) is 16.6. The normalized spacial score (nSPS) is 13.0. The molecule has 0 spiro atoms. The Morgan fingerprint density at radius 3 is 2.15 bits per heavy atom. The first-order valence-corrected chi connectivity index (χ1v) is 9.77. The highest BCUT2D eigenvalue weighted by molar-refractivity contribution is 5.88. The van der Waals surface area contributed by atoms with Crippen LogP contribution in [0.2, 0.25) is 0 Å². The number of methoxy groups -OCH3 is 1. The molecule has 0 aromatic carbocycles. The van der Waals surface area contributed by atoms with Crippen molar-refractivity contribution in [2.24, 2.45) is 5.73 Å². The maximum absolute atomic E-state index is 12.3. The van der Waals surface area contributed by atoms with Crippen LogP contribution >= 0.6 is 0 Å². The number of unbranched alkanes of at least 4 members (excludes halogenated alkanes) is 6. The maximum Gasteiger partial charge on any atom is 0.242 e. The number of carbonyl (C=O) groups excluding carboxylic acids is 3. The Morgan fingerprint density at radius 1 is 0.962 bits per heavy atom. The Hall–Kier alpha value is -1.63. The van der Waals surface area contributed by atoms with Crippen molar-refractivity contribution < 1.29 is 19.1 Å². The number of carbonyl (C=O) groups is 3. The minimum Gasteiger partial charge on any atom is -0.383 e. The van der Waals surface area contributed by atoms with Crippen LogP contribution in [-0.2, 0) is 19.1 Å². The lowest BCUT2D eigenvalue weighted by Gasteiger charge is -2.21. The average Bonchev–Trinajstić information content (AvgIpc) is 2.57. The molecule has 26 heavy (non-hydrogen) atoms. The van der Waals surface area contributed by atoms with Gasteiger partial charge in [0, 0.05) is 26.0 Å². The van der Waals surface area contributed by atoms with Crippen LogP contribution < -0.4 is 16.4 Å². The molecule has 0 radical (unpaired) electrons. The zero-order valence-electron chi connectivity index (χ0n) is 16.6. The average molecular weight is 372 g/mol. The van der Waals surface area contributed by atoms with Crippen molar-refractivity contribution in [3.63, 3.8) is 0 Å². The van der Waals surface area contributed by atoms with Gasteiger partial charge in [-0.25, -0.2) is 0 Å². The van der Waals surface area contributed by atoms with E-state index < -0.39 is 11.9 Å². The number of amides is 3. The Kier molecular flexibility index (Phi) is 14.6. The van der Waals surface area contributed by atoms with Gasteiger partial charge in [0.1, 0.15) is 6.04 Å². The largest absolute Gasteiger partial charge is 0.383 e. The Balaban J connectivity index is 4.27. The molecule has 0 aliphatic carbocycles. The molecule has 152 valence electrons. The van der Waals surface area contributed by atoms with Gasteiger partial charge in [0.05, 0.1) is 6.61 Å². The van der Waals surface area contributed by atoms with Crippen LogP contribution in [0.3, 0.4) is 0 Å². The van der Waals surface area contributed by atoms with E-state index in [1.807, 2.05) is 6.92 Å². The van der Waals surface area contributed by atoms with Crippen LogP contribution in [-0.4, -0.2) is 43.5 Å². The number of nitrogens with one attached hydrogen (secondary N) is 2. The predicted octanol–water partition coefficient (Wildman–Crippen LogP) is 2.03. The number of hydrogen-bond acceptors (Lipinski definition) is 4. The van der Waals surface area contributed by atoms with E-state index in [-0.39, 0.29) is 30.7 Å². The monoisotopic (exact) mass is 371 g/mol. The lowest BCUT2D eigenvalue weighted by molar-refractivity contribution is -0.130. The number of nitrogens with two attached hydrogens (primary N) is 1. The molecule has 0 aromatic rings. The van der Waals surface area contributed by atoms with E-state index in [4.69, 9.17) is 10.5 Å². The molecule has 3 amide bonds. The molecule has 2 atom stereocenters. The molecule has 0 saturated heterocycles. The lowest BCUT2D eigenvalue weighted by atomic mass is 10.1. The standard InChI is InChI=1S/C19H37N3O4/c1-4-5-6-7-8-9-10-11-18(24)22-16(12-13-17(20)23)19(25)21-15(2)14-26-3/h15-16H,4-14H2,1-3H3,(H2,20,23)(H,21,25)(H,22,24)/t15-,16+/m1/s1. The van der Waals surface area contributed by atoms with Gasteiger partial charge in [0.15, 0.2) is 0 Å². The second kappa shape index (κ2) is 15.6. The second-order valence-corrected chi connectivity index (χ2v) is 6.86. The van der Waals surface area contributed by atoms with Crippen molar-refractivity contribution in [2.75, 3.05) is 13.7 Å². The predicted molar refractivity (Wildman–Crippen MR) is 102 cm³/mol. The van der Waals surface area contributed by atoms with E-state index in [1.165, 1.54) is 25.7 Å². The molecule has 7 nitrogen and oxygen atoms in total. The summed E-state index contributed by atoms with van der Waals surface area (Å²) in [6.07, 6.45) is 8.53. The van der Waals surface area contributed by atoms with E-state index in [2.05, 4.69) is 17.6 Å². The van der Waals surface area contributed by atoms with Gasteiger partial charge < -0.3 is 21.1 Å². The van der Waals surface area contributed by atoms with Gasteiger partial charge in [-0.05, 0) is 19.8 Å². The number of hydrogen-bond donors (Lipinski definition) is 3. The fourth-order valence-electron chi connectivity index (χ4n) is 2.70. The molecule has 0 aliphatic heterocycles. The van der Waals surface area contributed by atoms with E-state index in [1.54, 1.807) is 7.11 Å². The van der Waals surface area contributed by atoms with Crippen LogP contribution in [0.5, 0.6) is 0 Å². The van der Waals surface area contributed by atoms with E-state index in [0.717, 1.165) is 19.3 Å². The smallest absolute Gasteiger partial charge is 0.242 e. The summed E-state index contributed by atoms with van der Waals surface area (Å²) in [6.45, 7) is 4.37. The summed E-state index contributed by atoms with van der Waals surface area (Å²) in [5.41, 5.74) is 5.17. The Bertz CT molecular complexity index is 416. The van der Waals surface area contributed by atoms with Gasteiger partial charge in [-0.1, -0.05) is 45.4 Å². The molecule has 0 aliphatic rings. The van der Waals surface area contributed by atoms with Crippen molar-refractivity contribution in [1.29, 1.82) is 0 Å². The second-order valence-electron chi connectivity index (χ2n) is 6.86. The highest BCUT2D eigenvalue weighted by Crippen LogP contribution is 2.08. The van der Waals surface area contributed by atoms with Crippen molar-refractivity contribution in [2.45, 2.75) is 90.1 Å². The Labute approximate surface area is 157 Å². The van der Waals surface area contributed by atoms with Crippen molar-refractivity contribution in [3.05, 3.63) is 0 Å². The van der Waals surface area contributed by atoms with Crippen LogP contribution in [0.1, 0.15) is 78.1 Å². The molecule has 0 rings (SSSR count). The minimum absolute atomic E-state index is 0.0501. The molecule has 0 unspecified atom stereocenters. The van der Waals surface area contributed by atoms with Crippen LogP contribution in [0.15, 0.2) is 0 Å². The van der Waals surface area contributed by atoms with Crippen LogP contribution in [0, 0.1) is 0 Å². The quantitative estimate of drug-likeness (QED) is 0.360. The van der Waals surface area contributed by atoms with Crippen LogP contribution in [0.4, 0.5) is 0 Å². The molecule has 0 aromatic heterocycles. The van der Waals surface area contributed by atoms with Gasteiger partial charge in [-0.15, -0.1) is 0 Å². The molecule has 4 N–H and O–H groups in total. The van der Waals surface area contributed by atoms with E-state index >= 15 is 0 Å². The highest BCUT2D eigenvalue weighted by atomic mass is 16.5. The molecular weight excluding hydrogens is 334 g/mol. The fraction of sp³-hybridized carbons (Fsp3) is 0.842. The molecule has 7 heteroatoms. The summed E-state index contributed by atoms with van der Waals surface area (Å²) < 4.78 is 4.99. The molecule has 0 bridgehead atoms. The van der Waals surface area contributed by atoms with Crippen molar-refractivity contribution >= 4 is 17.7 Å². The number of primary amides is 1. The van der Waals surface area contributed by atoms with E-state index in [0.29, 0.717) is 13.0 Å². The minimum atomic E-state index is -0.751. The first-order valence-electron chi connectivity index (χ1n) is 9.77. The highest BCUT2D eigenvalue weighted by Gasteiger charge is 2.22. The fourth-order valence-corrected chi connectivity index (χ4v) is 2.70. The van der Waals surface area contributed by atoms with Gasteiger partial charge in [-0.2, -0.15) is 0 Å². The molecular formula is C19H37N3O4. The van der Waals surface area contributed by atoms with Crippen LogP contribution in [0.25, 0.3) is 0 Å². The third kappa shape index (κ3) is 13.6. The van der Waals surface area contributed by atoms with Gasteiger partial charge in [-0.3, -0.25) is 14.4 Å². The van der Waals surface area contributed by atoms with Crippen molar-refractivity contribution in [1.82, 2.24) is 10.6 Å². The lowest BCUT2D eigenvalue weighted by Crippen LogP contribution is -2.50. The summed E-state index contributed by atoms with van der Waals surface area (Å²) in [5, 5.41) is 5.51.